The molecule has 1 aliphatic rings. The summed E-state index contributed by atoms with van der Waals surface area (Å²) >= 11 is 0. The Kier molecular flexibility index (Phi) is 10.9. The molecule has 0 spiro atoms. The van der Waals surface area contributed by atoms with Crippen LogP contribution in [0, 0.1) is 11.6 Å². The van der Waals surface area contributed by atoms with Crippen molar-refractivity contribution in [1.29, 1.82) is 0 Å². The minimum atomic E-state index is -0.588. The third-order valence-electron chi connectivity index (χ3n) is 5.93. The van der Waals surface area contributed by atoms with Crippen molar-refractivity contribution in [2.75, 3.05) is 26.3 Å². The lowest BCUT2D eigenvalue weighted by atomic mass is 9.87. The van der Waals surface area contributed by atoms with Crippen molar-refractivity contribution in [2.45, 2.75) is 38.1 Å². The maximum atomic E-state index is 13.5. The van der Waals surface area contributed by atoms with Crippen molar-refractivity contribution < 1.29 is 23.0 Å². The van der Waals surface area contributed by atoms with E-state index >= 15 is 0 Å². The Hall–Kier alpha value is -2.51. The van der Waals surface area contributed by atoms with Gasteiger partial charge in [-0.3, -0.25) is 0 Å². The molecule has 1 saturated heterocycles. The summed E-state index contributed by atoms with van der Waals surface area (Å²) < 4.78 is 44.6. The summed E-state index contributed by atoms with van der Waals surface area (Å²) in [6.45, 7) is 3.63. The van der Waals surface area contributed by atoms with Gasteiger partial charge in [-0.2, -0.15) is 0 Å². The normalized spacial score (nSPS) is 17.5. The van der Waals surface area contributed by atoms with E-state index < -0.39 is 11.6 Å². The molecule has 4 rings (SSSR count). The van der Waals surface area contributed by atoms with Gasteiger partial charge in [0.05, 0.1) is 32.5 Å². The first-order valence-corrected chi connectivity index (χ1v) is 11.8. The topological polar surface area (TPSA) is 39.7 Å². The molecule has 0 amide bonds. The molecule has 1 heterocycles. The van der Waals surface area contributed by atoms with Crippen molar-refractivity contribution in [3.63, 3.8) is 0 Å². The summed E-state index contributed by atoms with van der Waals surface area (Å²) in [6, 6.07) is 21.7. The van der Waals surface area contributed by atoms with Crippen molar-refractivity contribution in [3.8, 4) is 5.75 Å². The molecule has 3 aromatic carbocycles. The number of halogens is 3. The summed E-state index contributed by atoms with van der Waals surface area (Å²) in [5.41, 5.74) is 2.84. The zero-order valence-electron chi connectivity index (χ0n) is 19.6. The first kappa shape index (κ1) is 27.1. The Morgan fingerprint density at radius 3 is 2.31 bits per heavy atom. The molecule has 1 fully saturated rings. The van der Waals surface area contributed by atoms with Gasteiger partial charge in [0.2, 0.25) is 0 Å². The standard InChI is InChI=1S/C28H31F2NO3.ClH/c29-24-15-22(16-25(30)17-24)20-34-28-18-31-12-11-27(28)23-7-9-26(10-8-23)33-14-4-13-32-19-21-5-2-1-3-6-21;/h1-3,5-10,15-17,27-28,31H,4,11-14,18-20H2;1H. The Balaban J connectivity index is 0.00000342. The molecule has 2 unspecified atom stereocenters. The smallest absolute Gasteiger partial charge is 0.126 e. The molecular weight excluding hydrogens is 472 g/mol. The van der Waals surface area contributed by atoms with Crippen LogP contribution in [0.3, 0.4) is 0 Å². The van der Waals surface area contributed by atoms with Crippen LogP contribution in [0.2, 0.25) is 0 Å². The Labute approximate surface area is 212 Å². The van der Waals surface area contributed by atoms with Crippen LogP contribution in [0.25, 0.3) is 0 Å². The average Bonchev–Trinajstić information content (AvgIpc) is 2.85. The fourth-order valence-corrected chi connectivity index (χ4v) is 4.21. The quantitative estimate of drug-likeness (QED) is 0.324. The van der Waals surface area contributed by atoms with Gasteiger partial charge in [-0.05, 0) is 53.9 Å². The molecule has 35 heavy (non-hydrogen) atoms. The highest BCUT2D eigenvalue weighted by Crippen LogP contribution is 2.30. The van der Waals surface area contributed by atoms with E-state index in [1.54, 1.807) is 0 Å². The van der Waals surface area contributed by atoms with Crippen molar-refractivity contribution in [3.05, 3.63) is 101 Å². The predicted octanol–water partition coefficient (Wildman–Crippen LogP) is 6.03. The van der Waals surface area contributed by atoms with Gasteiger partial charge in [0.15, 0.2) is 0 Å². The number of rotatable bonds is 11. The van der Waals surface area contributed by atoms with E-state index in [0.29, 0.717) is 31.9 Å². The number of hydrogen-bond acceptors (Lipinski definition) is 4. The molecule has 7 heteroatoms. The molecule has 0 bridgehead atoms. The molecule has 1 N–H and O–H groups in total. The van der Waals surface area contributed by atoms with Crippen molar-refractivity contribution in [1.82, 2.24) is 5.32 Å². The molecule has 0 saturated carbocycles. The largest absolute Gasteiger partial charge is 0.494 e. The van der Waals surface area contributed by atoms with Crippen molar-refractivity contribution >= 4 is 12.4 Å². The van der Waals surface area contributed by atoms with Gasteiger partial charge in [-0.1, -0.05) is 42.5 Å². The summed E-state index contributed by atoms with van der Waals surface area (Å²) in [6.07, 6.45) is 1.68. The molecule has 0 radical (unpaired) electrons. The van der Waals surface area contributed by atoms with Crippen LogP contribution < -0.4 is 10.1 Å². The minimum absolute atomic E-state index is 0. The van der Waals surface area contributed by atoms with E-state index in [9.17, 15) is 8.78 Å². The maximum Gasteiger partial charge on any atom is 0.126 e. The fourth-order valence-electron chi connectivity index (χ4n) is 4.21. The molecule has 0 aliphatic carbocycles. The first-order chi connectivity index (χ1) is 16.7. The minimum Gasteiger partial charge on any atom is -0.494 e. The van der Waals surface area contributed by atoms with E-state index in [4.69, 9.17) is 14.2 Å². The number of ether oxygens (including phenoxy) is 3. The van der Waals surface area contributed by atoms with E-state index in [2.05, 4.69) is 29.6 Å². The zero-order valence-corrected chi connectivity index (χ0v) is 20.4. The molecule has 1 aliphatic heterocycles. The van der Waals surface area contributed by atoms with Gasteiger partial charge in [0, 0.05) is 24.9 Å². The Morgan fingerprint density at radius 2 is 1.57 bits per heavy atom. The number of benzene rings is 3. The summed E-state index contributed by atoms with van der Waals surface area (Å²) in [4.78, 5) is 0. The molecule has 2 atom stereocenters. The highest BCUT2D eigenvalue weighted by Gasteiger charge is 2.27. The second-order valence-electron chi connectivity index (χ2n) is 8.54. The van der Waals surface area contributed by atoms with Crippen LogP contribution in [0.1, 0.15) is 35.4 Å². The van der Waals surface area contributed by atoms with E-state index in [1.807, 2.05) is 30.3 Å². The van der Waals surface area contributed by atoms with E-state index in [-0.39, 0.29) is 31.0 Å². The Bertz CT molecular complexity index is 1000. The predicted molar refractivity (Wildman–Crippen MR) is 135 cm³/mol. The molecule has 3 aromatic rings. The monoisotopic (exact) mass is 503 g/mol. The lowest BCUT2D eigenvalue weighted by molar-refractivity contribution is 0.0104. The van der Waals surface area contributed by atoms with Gasteiger partial charge in [0.1, 0.15) is 17.4 Å². The second-order valence-corrected chi connectivity index (χ2v) is 8.54. The number of nitrogens with one attached hydrogen (secondary N) is 1. The zero-order chi connectivity index (χ0) is 23.6. The first-order valence-electron chi connectivity index (χ1n) is 11.8. The van der Waals surface area contributed by atoms with Crippen LogP contribution in [0.5, 0.6) is 5.75 Å². The lowest BCUT2D eigenvalue weighted by Crippen LogP contribution is -2.40. The maximum absolute atomic E-state index is 13.5. The average molecular weight is 504 g/mol. The van der Waals surface area contributed by atoms with Gasteiger partial charge in [0.25, 0.3) is 0 Å². The van der Waals surface area contributed by atoms with Crippen LogP contribution in [-0.2, 0) is 22.7 Å². The molecule has 4 nitrogen and oxygen atoms in total. The van der Waals surface area contributed by atoms with Crippen LogP contribution in [0.15, 0.2) is 72.8 Å². The van der Waals surface area contributed by atoms with E-state index in [1.165, 1.54) is 23.3 Å². The highest BCUT2D eigenvalue weighted by atomic mass is 35.5. The third-order valence-corrected chi connectivity index (χ3v) is 5.93. The SMILES string of the molecule is Cl.Fc1cc(F)cc(COC2CNCCC2c2ccc(OCCCOCc3ccccc3)cc2)c1. The van der Waals surface area contributed by atoms with E-state index in [0.717, 1.165) is 31.2 Å². The van der Waals surface area contributed by atoms with Gasteiger partial charge >= 0.3 is 0 Å². The molecule has 188 valence electrons. The summed E-state index contributed by atoms with van der Waals surface area (Å²) in [7, 11) is 0. The number of piperidine rings is 1. The van der Waals surface area contributed by atoms with Crippen molar-refractivity contribution in [2.24, 2.45) is 0 Å². The Morgan fingerprint density at radius 1 is 0.829 bits per heavy atom. The highest BCUT2D eigenvalue weighted by molar-refractivity contribution is 5.85. The van der Waals surface area contributed by atoms with Crippen LogP contribution in [-0.4, -0.2) is 32.4 Å². The van der Waals surface area contributed by atoms with Gasteiger partial charge < -0.3 is 19.5 Å². The van der Waals surface area contributed by atoms with Crippen LogP contribution >= 0.6 is 12.4 Å². The van der Waals surface area contributed by atoms with Crippen LogP contribution in [0.4, 0.5) is 8.78 Å². The lowest BCUT2D eigenvalue weighted by Gasteiger charge is -2.32. The molecular formula is C28H32ClF2NO3. The second kappa shape index (κ2) is 14.1. The van der Waals surface area contributed by atoms with Gasteiger partial charge in [-0.15, -0.1) is 12.4 Å². The fraction of sp³-hybridized carbons (Fsp3) is 0.357. The summed E-state index contributed by atoms with van der Waals surface area (Å²) in [5.74, 6) is -0.140. The molecule has 0 aromatic heterocycles. The summed E-state index contributed by atoms with van der Waals surface area (Å²) in [5, 5.41) is 3.35. The third kappa shape index (κ3) is 8.58. The number of hydrogen-bond donors (Lipinski definition) is 1. The van der Waals surface area contributed by atoms with Gasteiger partial charge in [-0.25, -0.2) is 8.78 Å².